The molecular weight excluding hydrogens is 292 g/mol. The molecule has 1 unspecified atom stereocenters. The van der Waals surface area contributed by atoms with Crippen molar-refractivity contribution in [2.75, 3.05) is 13.2 Å². The number of nitrogens with two attached hydrogens (primary N) is 1. The molecular formula is C18H22N2O3. The van der Waals surface area contributed by atoms with Crippen LogP contribution in [0.25, 0.3) is 11.1 Å². The first-order valence-corrected chi connectivity index (χ1v) is 7.58. The zero-order chi connectivity index (χ0) is 16.7. The maximum Gasteiger partial charge on any atom is 0.239 e. The van der Waals surface area contributed by atoms with Crippen LogP contribution in [0.2, 0.25) is 0 Å². The van der Waals surface area contributed by atoms with Crippen LogP contribution >= 0.6 is 0 Å². The lowest BCUT2D eigenvalue weighted by Gasteiger charge is -2.20. The van der Waals surface area contributed by atoms with E-state index in [0.29, 0.717) is 6.42 Å². The Morgan fingerprint density at radius 1 is 1.00 bits per heavy atom. The average Bonchev–Trinajstić information content (AvgIpc) is 2.61. The molecule has 0 bridgehead atoms. The van der Waals surface area contributed by atoms with E-state index < -0.39 is 18.6 Å². The van der Waals surface area contributed by atoms with Gasteiger partial charge in [0.05, 0.1) is 12.6 Å². The fourth-order valence-corrected chi connectivity index (χ4v) is 2.35. The number of hydrogen-bond acceptors (Lipinski definition) is 4. The van der Waals surface area contributed by atoms with Crippen LogP contribution in [0.15, 0.2) is 54.6 Å². The van der Waals surface area contributed by atoms with Crippen molar-refractivity contribution in [3.05, 3.63) is 60.2 Å². The van der Waals surface area contributed by atoms with Gasteiger partial charge in [-0.2, -0.15) is 0 Å². The van der Waals surface area contributed by atoms with Crippen LogP contribution in [0.3, 0.4) is 0 Å². The monoisotopic (exact) mass is 314 g/mol. The number of hydrogen-bond donors (Lipinski definition) is 4. The van der Waals surface area contributed by atoms with Gasteiger partial charge in [-0.25, -0.2) is 0 Å². The van der Waals surface area contributed by atoms with Gasteiger partial charge >= 0.3 is 0 Å². The largest absolute Gasteiger partial charge is 0.396 e. The molecule has 0 heterocycles. The number of benzene rings is 2. The SMILES string of the molecule is NC(CO)C(=O)N[C@@H](CCO)c1ccc(-c2ccccc2)cc1. The van der Waals surface area contributed by atoms with E-state index in [1.165, 1.54) is 0 Å². The Balaban J connectivity index is 2.15. The zero-order valence-corrected chi connectivity index (χ0v) is 12.9. The molecule has 1 amide bonds. The van der Waals surface area contributed by atoms with E-state index >= 15 is 0 Å². The van der Waals surface area contributed by atoms with Gasteiger partial charge in [0.2, 0.25) is 5.91 Å². The molecule has 0 radical (unpaired) electrons. The highest BCUT2D eigenvalue weighted by molar-refractivity contribution is 5.82. The van der Waals surface area contributed by atoms with Crippen LogP contribution in [-0.2, 0) is 4.79 Å². The van der Waals surface area contributed by atoms with Gasteiger partial charge in [0, 0.05) is 6.61 Å². The van der Waals surface area contributed by atoms with Crippen LogP contribution in [0.4, 0.5) is 0 Å². The standard InChI is InChI=1S/C18H22N2O3/c19-16(12-22)18(23)20-17(10-11-21)15-8-6-14(7-9-15)13-4-2-1-3-5-13/h1-9,16-17,21-22H,10-12,19H2,(H,20,23)/t16?,17-/m0/s1. The van der Waals surface area contributed by atoms with Crippen molar-refractivity contribution in [1.29, 1.82) is 0 Å². The highest BCUT2D eigenvalue weighted by Gasteiger charge is 2.18. The zero-order valence-electron chi connectivity index (χ0n) is 12.9. The molecule has 5 N–H and O–H groups in total. The molecule has 122 valence electrons. The minimum atomic E-state index is -0.959. The molecule has 2 aromatic carbocycles. The van der Waals surface area contributed by atoms with E-state index in [0.717, 1.165) is 16.7 Å². The minimum absolute atomic E-state index is 0.0558. The molecule has 5 nitrogen and oxygen atoms in total. The van der Waals surface area contributed by atoms with Crippen molar-refractivity contribution in [3.63, 3.8) is 0 Å². The topological polar surface area (TPSA) is 95.6 Å². The first kappa shape index (κ1) is 17.1. The second kappa shape index (κ2) is 8.43. The summed E-state index contributed by atoms with van der Waals surface area (Å²) in [6.07, 6.45) is 0.384. The Morgan fingerprint density at radius 2 is 1.61 bits per heavy atom. The van der Waals surface area contributed by atoms with Crippen molar-refractivity contribution in [1.82, 2.24) is 5.32 Å². The van der Waals surface area contributed by atoms with Gasteiger partial charge in [-0.15, -0.1) is 0 Å². The van der Waals surface area contributed by atoms with Crippen LogP contribution in [0.1, 0.15) is 18.0 Å². The smallest absolute Gasteiger partial charge is 0.239 e. The summed E-state index contributed by atoms with van der Waals surface area (Å²) in [7, 11) is 0. The van der Waals surface area contributed by atoms with Crippen LogP contribution in [0, 0.1) is 0 Å². The number of nitrogens with one attached hydrogen (secondary N) is 1. The normalized spacial score (nSPS) is 13.3. The van der Waals surface area contributed by atoms with Crippen molar-refractivity contribution < 1.29 is 15.0 Å². The molecule has 2 atom stereocenters. The first-order chi connectivity index (χ1) is 11.2. The molecule has 0 aromatic heterocycles. The minimum Gasteiger partial charge on any atom is -0.396 e. The average molecular weight is 314 g/mol. The van der Waals surface area contributed by atoms with Gasteiger partial charge < -0.3 is 21.3 Å². The summed E-state index contributed by atoms with van der Waals surface area (Å²) in [4.78, 5) is 11.8. The first-order valence-electron chi connectivity index (χ1n) is 7.58. The van der Waals surface area contributed by atoms with Crippen molar-refractivity contribution >= 4 is 5.91 Å². The Hall–Kier alpha value is -2.21. The lowest BCUT2D eigenvalue weighted by Crippen LogP contribution is -2.44. The molecule has 0 aliphatic rings. The van der Waals surface area contributed by atoms with Gasteiger partial charge in [0.15, 0.2) is 0 Å². The summed E-state index contributed by atoms with van der Waals surface area (Å²) < 4.78 is 0. The second-order valence-corrected chi connectivity index (χ2v) is 5.35. The summed E-state index contributed by atoms with van der Waals surface area (Å²) in [6.45, 7) is -0.468. The third-order valence-electron chi connectivity index (χ3n) is 3.69. The van der Waals surface area contributed by atoms with E-state index in [-0.39, 0.29) is 12.6 Å². The maximum absolute atomic E-state index is 11.8. The summed E-state index contributed by atoms with van der Waals surface area (Å²) >= 11 is 0. The van der Waals surface area contributed by atoms with E-state index in [1.807, 2.05) is 54.6 Å². The van der Waals surface area contributed by atoms with Gasteiger partial charge in [0.1, 0.15) is 6.04 Å². The van der Waals surface area contributed by atoms with Crippen molar-refractivity contribution in [3.8, 4) is 11.1 Å². The second-order valence-electron chi connectivity index (χ2n) is 5.35. The van der Waals surface area contributed by atoms with Gasteiger partial charge in [-0.3, -0.25) is 4.79 Å². The number of carbonyl (C=O) groups is 1. The lowest BCUT2D eigenvalue weighted by molar-refractivity contribution is -0.124. The van der Waals surface area contributed by atoms with E-state index in [9.17, 15) is 9.90 Å². The third kappa shape index (κ3) is 4.63. The molecule has 23 heavy (non-hydrogen) atoms. The fourth-order valence-electron chi connectivity index (χ4n) is 2.35. The molecule has 5 heteroatoms. The van der Waals surface area contributed by atoms with Crippen LogP contribution < -0.4 is 11.1 Å². The molecule has 0 saturated carbocycles. The van der Waals surface area contributed by atoms with Gasteiger partial charge in [0.25, 0.3) is 0 Å². The van der Waals surface area contributed by atoms with E-state index in [2.05, 4.69) is 5.32 Å². The van der Waals surface area contributed by atoms with Gasteiger partial charge in [-0.05, 0) is 23.1 Å². The molecule has 0 aliphatic carbocycles. The number of aliphatic hydroxyl groups is 2. The molecule has 0 aliphatic heterocycles. The highest BCUT2D eigenvalue weighted by Crippen LogP contribution is 2.23. The molecule has 2 aromatic rings. The Bertz CT molecular complexity index is 614. The fraction of sp³-hybridized carbons (Fsp3) is 0.278. The van der Waals surface area contributed by atoms with Crippen LogP contribution in [0.5, 0.6) is 0 Å². The van der Waals surface area contributed by atoms with Crippen LogP contribution in [-0.4, -0.2) is 35.4 Å². The molecule has 0 spiro atoms. The summed E-state index contributed by atoms with van der Waals surface area (Å²) in [6, 6.07) is 16.5. The quantitative estimate of drug-likeness (QED) is 0.618. The van der Waals surface area contributed by atoms with E-state index in [1.54, 1.807) is 0 Å². The molecule has 0 saturated heterocycles. The van der Waals surface area contributed by atoms with Gasteiger partial charge in [-0.1, -0.05) is 54.6 Å². The van der Waals surface area contributed by atoms with Crippen molar-refractivity contribution in [2.45, 2.75) is 18.5 Å². The van der Waals surface area contributed by atoms with Crippen molar-refractivity contribution in [2.24, 2.45) is 5.73 Å². The maximum atomic E-state index is 11.8. The highest BCUT2D eigenvalue weighted by atomic mass is 16.3. The number of amides is 1. The summed E-state index contributed by atoms with van der Waals surface area (Å²) in [5.74, 6) is -0.432. The molecule has 0 fully saturated rings. The molecule has 2 rings (SSSR count). The number of carbonyl (C=O) groups excluding carboxylic acids is 1. The number of aliphatic hydroxyl groups excluding tert-OH is 2. The Kier molecular flexibility index (Phi) is 6.29. The van der Waals surface area contributed by atoms with E-state index in [4.69, 9.17) is 10.8 Å². The summed E-state index contributed by atoms with van der Waals surface area (Å²) in [5.41, 5.74) is 8.59. The third-order valence-corrected chi connectivity index (χ3v) is 3.69. The lowest BCUT2D eigenvalue weighted by atomic mass is 9.99. The predicted molar refractivity (Wildman–Crippen MR) is 89.5 cm³/mol. The Labute approximate surface area is 135 Å². The Morgan fingerprint density at radius 3 is 2.17 bits per heavy atom. The predicted octanol–water partition coefficient (Wildman–Crippen LogP) is 1.21. The summed E-state index contributed by atoms with van der Waals surface area (Å²) in [5, 5.41) is 20.9. The number of rotatable bonds is 7.